The van der Waals surface area contributed by atoms with E-state index >= 15 is 0 Å². The molecule has 0 aliphatic heterocycles. The summed E-state index contributed by atoms with van der Waals surface area (Å²) in [6, 6.07) is 7.98. The highest BCUT2D eigenvalue weighted by Gasteiger charge is 2.24. The summed E-state index contributed by atoms with van der Waals surface area (Å²) in [5.74, 6) is 0.568. The van der Waals surface area contributed by atoms with Crippen LogP contribution in [0.3, 0.4) is 0 Å². The number of halogens is 1. The Morgan fingerprint density at radius 3 is 3.16 bits per heavy atom. The highest BCUT2D eigenvalue weighted by molar-refractivity contribution is 7.15. The predicted octanol–water partition coefficient (Wildman–Crippen LogP) is 4.10. The average Bonchev–Trinajstić information content (AvgIpc) is 2.84. The smallest absolute Gasteiger partial charge is 0.123 e. The van der Waals surface area contributed by atoms with Crippen LogP contribution >= 0.6 is 22.9 Å². The van der Waals surface area contributed by atoms with Crippen molar-refractivity contribution in [2.75, 3.05) is 13.6 Å². The zero-order valence-electron chi connectivity index (χ0n) is 10.9. The van der Waals surface area contributed by atoms with Gasteiger partial charge in [0.15, 0.2) is 0 Å². The van der Waals surface area contributed by atoms with Gasteiger partial charge >= 0.3 is 0 Å². The summed E-state index contributed by atoms with van der Waals surface area (Å²) < 4.78 is 0. The molecule has 1 aliphatic carbocycles. The van der Waals surface area contributed by atoms with Gasteiger partial charge in [-0.3, -0.25) is 0 Å². The van der Waals surface area contributed by atoms with E-state index in [1.807, 2.05) is 36.6 Å². The summed E-state index contributed by atoms with van der Waals surface area (Å²) in [5, 5.41) is 5.16. The molecular weight excluding hydrogens is 276 g/mol. The van der Waals surface area contributed by atoms with Crippen LogP contribution < -0.4 is 5.32 Å². The third-order valence-electron chi connectivity index (χ3n) is 3.59. The van der Waals surface area contributed by atoms with Gasteiger partial charge in [0.25, 0.3) is 0 Å². The van der Waals surface area contributed by atoms with E-state index in [1.54, 1.807) is 0 Å². The first-order chi connectivity index (χ1) is 9.28. The van der Waals surface area contributed by atoms with Crippen molar-refractivity contribution in [3.63, 3.8) is 0 Å². The normalized spacial score (nSPS) is 18.3. The van der Waals surface area contributed by atoms with Gasteiger partial charge < -0.3 is 5.32 Å². The molecular formula is C15H17ClN2S. The molecule has 0 saturated carbocycles. The second kappa shape index (κ2) is 5.61. The van der Waals surface area contributed by atoms with Crippen molar-refractivity contribution >= 4 is 22.9 Å². The standard InChI is InChI=1S/C15H17ClN2S/c1-17-9-11-5-3-7-13-14(11)18-15(19-13)10-4-2-6-12(16)8-10/h2,4,6,8,11,17H,3,5,7,9H2,1H3. The van der Waals surface area contributed by atoms with Gasteiger partial charge in [0, 0.05) is 27.9 Å². The number of thiazole rings is 1. The molecule has 1 atom stereocenters. The minimum atomic E-state index is 0.568. The topological polar surface area (TPSA) is 24.9 Å². The molecule has 1 N–H and O–H groups in total. The number of aryl methyl sites for hydroxylation is 1. The Labute approximate surface area is 122 Å². The predicted molar refractivity (Wildman–Crippen MR) is 82.2 cm³/mol. The van der Waals surface area contributed by atoms with Crippen molar-refractivity contribution < 1.29 is 0 Å². The summed E-state index contributed by atoms with van der Waals surface area (Å²) >= 11 is 7.90. The average molecular weight is 293 g/mol. The first-order valence-corrected chi connectivity index (χ1v) is 7.87. The number of benzene rings is 1. The van der Waals surface area contributed by atoms with Gasteiger partial charge in [-0.15, -0.1) is 11.3 Å². The van der Waals surface area contributed by atoms with E-state index in [0.717, 1.165) is 22.1 Å². The molecule has 0 spiro atoms. The Bertz CT molecular complexity index is 579. The Balaban J connectivity index is 1.97. The minimum Gasteiger partial charge on any atom is -0.319 e. The molecule has 0 radical (unpaired) electrons. The van der Waals surface area contributed by atoms with E-state index in [-0.39, 0.29) is 0 Å². The molecule has 4 heteroatoms. The zero-order valence-corrected chi connectivity index (χ0v) is 12.5. The number of likely N-dealkylation sites (N-methyl/N-ethyl adjacent to an activating group) is 1. The van der Waals surface area contributed by atoms with Gasteiger partial charge in [0.2, 0.25) is 0 Å². The van der Waals surface area contributed by atoms with Gasteiger partial charge in [-0.2, -0.15) is 0 Å². The Kier molecular flexibility index (Phi) is 3.87. The fourth-order valence-corrected chi connectivity index (χ4v) is 4.07. The first-order valence-electron chi connectivity index (χ1n) is 6.68. The second-order valence-corrected chi connectivity index (χ2v) is 6.50. The van der Waals surface area contributed by atoms with Gasteiger partial charge in [0.05, 0.1) is 5.69 Å². The van der Waals surface area contributed by atoms with E-state index in [1.165, 1.54) is 29.8 Å². The van der Waals surface area contributed by atoms with Crippen LogP contribution in [-0.2, 0) is 6.42 Å². The quantitative estimate of drug-likeness (QED) is 0.921. The molecule has 1 heterocycles. The molecule has 0 bridgehead atoms. The summed E-state index contributed by atoms with van der Waals surface area (Å²) in [6.07, 6.45) is 3.69. The van der Waals surface area contributed by atoms with Crippen LogP contribution in [-0.4, -0.2) is 18.6 Å². The molecule has 1 unspecified atom stereocenters. The maximum Gasteiger partial charge on any atom is 0.123 e. The maximum atomic E-state index is 6.07. The second-order valence-electron chi connectivity index (χ2n) is 4.98. The maximum absolute atomic E-state index is 6.07. The first kappa shape index (κ1) is 13.1. The largest absolute Gasteiger partial charge is 0.319 e. The van der Waals surface area contributed by atoms with Crippen LogP contribution in [0.25, 0.3) is 10.6 Å². The van der Waals surface area contributed by atoms with Gasteiger partial charge in [-0.1, -0.05) is 23.7 Å². The van der Waals surface area contributed by atoms with Crippen LogP contribution in [0.2, 0.25) is 5.02 Å². The van der Waals surface area contributed by atoms with Crippen LogP contribution in [0.1, 0.15) is 29.3 Å². The summed E-state index contributed by atoms with van der Waals surface area (Å²) in [5.41, 5.74) is 2.44. The number of nitrogens with zero attached hydrogens (tertiary/aromatic N) is 1. The summed E-state index contributed by atoms with van der Waals surface area (Å²) in [4.78, 5) is 6.34. The third-order valence-corrected chi connectivity index (χ3v) is 5.01. The van der Waals surface area contributed by atoms with E-state index < -0.39 is 0 Å². The Morgan fingerprint density at radius 1 is 1.47 bits per heavy atom. The lowest BCUT2D eigenvalue weighted by Crippen LogP contribution is -2.20. The van der Waals surface area contributed by atoms with Crippen LogP contribution in [0.4, 0.5) is 0 Å². The van der Waals surface area contributed by atoms with Crippen molar-refractivity contribution in [2.24, 2.45) is 0 Å². The Morgan fingerprint density at radius 2 is 2.37 bits per heavy atom. The molecule has 0 saturated heterocycles. The van der Waals surface area contributed by atoms with Gasteiger partial charge in [0.1, 0.15) is 5.01 Å². The summed E-state index contributed by atoms with van der Waals surface area (Å²) in [6.45, 7) is 1.02. The number of nitrogens with one attached hydrogen (secondary N) is 1. The number of rotatable bonds is 3. The highest BCUT2D eigenvalue weighted by atomic mass is 35.5. The molecule has 19 heavy (non-hydrogen) atoms. The summed E-state index contributed by atoms with van der Waals surface area (Å²) in [7, 11) is 2.01. The number of fused-ring (bicyclic) bond motifs is 1. The van der Waals surface area contributed by atoms with Crippen LogP contribution in [0.15, 0.2) is 24.3 Å². The number of hydrogen-bond acceptors (Lipinski definition) is 3. The van der Waals surface area contributed by atoms with Crippen molar-refractivity contribution in [3.8, 4) is 10.6 Å². The van der Waals surface area contributed by atoms with Gasteiger partial charge in [-0.25, -0.2) is 4.98 Å². The van der Waals surface area contributed by atoms with Crippen LogP contribution in [0.5, 0.6) is 0 Å². The molecule has 3 rings (SSSR count). The fraction of sp³-hybridized carbons (Fsp3) is 0.400. The van der Waals surface area contributed by atoms with Crippen LogP contribution in [0, 0.1) is 0 Å². The molecule has 100 valence electrons. The number of aromatic nitrogens is 1. The number of hydrogen-bond donors (Lipinski definition) is 1. The molecule has 0 amide bonds. The van der Waals surface area contributed by atoms with E-state index in [2.05, 4.69) is 11.4 Å². The zero-order chi connectivity index (χ0) is 13.2. The lowest BCUT2D eigenvalue weighted by atomic mass is 9.91. The Hall–Kier alpha value is -0.900. The molecule has 2 aromatic rings. The SMILES string of the molecule is CNCC1CCCc2sc(-c3cccc(Cl)c3)nc21. The van der Waals surface area contributed by atoms with Crippen molar-refractivity contribution in [2.45, 2.75) is 25.2 Å². The van der Waals surface area contributed by atoms with Crippen molar-refractivity contribution in [3.05, 3.63) is 39.9 Å². The molecule has 2 nitrogen and oxygen atoms in total. The third kappa shape index (κ3) is 2.69. The lowest BCUT2D eigenvalue weighted by Gasteiger charge is -2.20. The van der Waals surface area contributed by atoms with E-state index in [4.69, 9.17) is 16.6 Å². The highest BCUT2D eigenvalue weighted by Crippen LogP contribution is 2.38. The van der Waals surface area contributed by atoms with E-state index in [0.29, 0.717) is 5.92 Å². The van der Waals surface area contributed by atoms with Crippen molar-refractivity contribution in [1.82, 2.24) is 10.3 Å². The van der Waals surface area contributed by atoms with E-state index in [9.17, 15) is 0 Å². The molecule has 1 aromatic heterocycles. The molecule has 1 aliphatic rings. The minimum absolute atomic E-state index is 0.568. The molecule has 0 fully saturated rings. The van der Waals surface area contributed by atoms with Crippen molar-refractivity contribution in [1.29, 1.82) is 0 Å². The van der Waals surface area contributed by atoms with Gasteiger partial charge in [-0.05, 0) is 38.4 Å². The fourth-order valence-electron chi connectivity index (χ4n) is 2.70. The monoisotopic (exact) mass is 292 g/mol. The molecule has 1 aromatic carbocycles. The lowest BCUT2D eigenvalue weighted by molar-refractivity contribution is 0.523.